The summed E-state index contributed by atoms with van der Waals surface area (Å²) < 4.78 is 6.91. The lowest BCUT2D eigenvalue weighted by Crippen LogP contribution is -2.28. The van der Waals surface area contributed by atoms with Crippen LogP contribution in [0.4, 0.5) is 0 Å². The van der Waals surface area contributed by atoms with Crippen LogP contribution in [-0.4, -0.2) is 11.6 Å². The summed E-state index contributed by atoms with van der Waals surface area (Å²) in [5.74, 6) is 0.231. The van der Waals surface area contributed by atoms with Crippen molar-refractivity contribution in [3.05, 3.63) is 32.9 Å². The summed E-state index contributed by atoms with van der Waals surface area (Å²) >= 11 is 2.25. The van der Waals surface area contributed by atoms with Gasteiger partial charge in [0.05, 0.1) is 5.56 Å². The maximum Gasteiger partial charge on any atom is 0.338 e. The summed E-state index contributed by atoms with van der Waals surface area (Å²) in [7, 11) is 0. The molecule has 2 rings (SSSR count). The third kappa shape index (κ3) is 3.54. The van der Waals surface area contributed by atoms with Crippen LogP contribution in [0.15, 0.2) is 18.2 Å². The van der Waals surface area contributed by atoms with E-state index in [0.29, 0.717) is 5.92 Å². The molecule has 1 unspecified atom stereocenters. The molecule has 0 saturated heterocycles. The van der Waals surface area contributed by atoms with E-state index in [4.69, 9.17) is 4.74 Å². The van der Waals surface area contributed by atoms with Crippen molar-refractivity contribution in [3.63, 3.8) is 0 Å². The fraction of sp³-hybridized carbons (Fsp3) is 0.588. The number of carbonyl (C=O) groups excluding carboxylic acids is 1. The second-order valence-electron chi connectivity index (χ2n) is 6.09. The molecule has 3 heteroatoms. The van der Waals surface area contributed by atoms with E-state index in [1.165, 1.54) is 0 Å². The van der Waals surface area contributed by atoms with Crippen molar-refractivity contribution < 1.29 is 9.53 Å². The van der Waals surface area contributed by atoms with Gasteiger partial charge < -0.3 is 4.74 Å². The first-order valence-electron chi connectivity index (χ1n) is 7.48. The van der Waals surface area contributed by atoms with E-state index in [0.717, 1.165) is 46.8 Å². The molecule has 0 N–H and O–H groups in total. The fourth-order valence-electron chi connectivity index (χ4n) is 2.86. The van der Waals surface area contributed by atoms with Gasteiger partial charge in [-0.1, -0.05) is 19.9 Å². The molecule has 0 aromatic heterocycles. The Labute approximate surface area is 135 Å². The van der Waals surface area contributed by atoms with Gasteiger partial charge in [-0.2, -0.15) is 0 Å². The highest BCUT2D eigenvalue weighted by atomic mass is 127. The van der Waals surface area contributed by atoms with Gasteiger partial charge in [0.2, 0.25) is 0 Å². The lowest BCUT2D eigenvalue weighted by atomic mass is 9.93. The molecule has 110 valence electrons. The Morgan fingerprint density at radius 2 is 2.05 bits per heavy atom. The zero-order valence-electron chi connectivity index (χ0n) is 12.5. The van der Waals surface area contributed by atoms with Crippen LogP contribution in [0.5, 0.6) is 0 Å². The van der Waals surface area contributed by atoms with Crippen molar-refractivity contribution in [3.8, 4) is 0 Å². The Kier molecular flexibility index (Phi) is 5.10. The Balaban J connectivity index is 2.26. The molecule has 1 aromatic carbocycles. The quantitative estimate of drug-likeness (QED) is 0.519. The Morgan fingerprint density at radius 3 is 2.65 bits per heavy atom. The number of ether oxygens (including phenoxy) is 1. The molecule has 0 aliphatic heterocycles. The third-order valence-electron chi connectivity index (χ3n) is 4.38. The largest absolute Gasteiger partial charge is 0.456 e. The third-order valence-corrected chi connectivity index (χ3v) is 5.05. The van der Waals surface area contributed by atoms with E-state index in [2.05, 4.69) is 55.5 Å². The van der Waals surface area contributed by atoms with E-state index in [1.807, 2.05) is 6.07 Å². The molecule has 0 spiro atoms. The van der Waals surface area contributed by atoms with Crippen molar-refractivity contribution in [1.82, 2.24) is 0 Å². The summed E-state index contributed by atoms with van der Waals surface area (Å²) in [4.78, 5) is 12.6. The van der Waals surface area contributed by atoms with Crippen LogP contribution in [-0.2, 0) is 4.74 Å². The molecular weight excluding hydrogens is 363 g/mol. The number of halogens is 1. The van der Waals surface area contributed by atoms with Crippen LogP contribution in [0.3, 0.4) is 0 Å². The number of benzene rings is 1. The highest BCUT2D eigenvalue weighted by Gasteiger charge is 2.33. The highest BCUT2D eigenvalue weighted by molar-refractivity contribution is 14.1. The van der Waals surface area contributed by atoms with Crippen molar-refractivity contribution in [1.29, 1.82) is 0 Å². The molecule has 0 radical (unpaired) electrons. The number of esters is 1. The van der Waals surface area contributed by atoms with Gasteiger partial charge in [-0.3, -0.25) is 0 Å². The van der Waals surface area contributed by atoms with Crippen LogP contribution in [0.25, 0.3) is 0 Å². The molecule has 1 saturated carbocycles. The summed E-state index contributed by atoms with van der Waals surface area (Å²) in [5.41, 5.74) is 1.60. The number of hydrogen-bond donors (Lipinski definition) is 0. The summed E-state index contributed by atoms with van der Waals surface area (Å²) in [6.07, 6.45) is 5.32. The lowest BCUT2D eigenvalue weighted by molar-refractivity contribution is -0.00625. The van der Waals surface area contributed by atoms with Gasteiger partial charge in [-0.15, -0.1) is 0 Å². The Hall–Kier alpha value is -0.580. The van der Waals surface area contributed by atoms with Crippen molar-refractivity contribution in [2.45, 2.75) is 64.4 Å². The Bertz CT molecular complexity index is 490. The predicted octanol–water partition coefficient (Wildman–Crippen LogP) is 5.29. The first kappa shape index (κ1) is 15.8. The molecular formula is C17H23IO2. The van der Waals surface area contributed by atoms with Gasteiger partial charge in [0.1, 0.15) is 5.60 Å². The van der Waals surface area contributed by atoms with Crippen LogP contribution in [0, 0.1) is 3.57 Å². The van der Waals surface area contributed by atoms with Crippen molar-refractivity contribution in [2.24, 2.45) is 0 Å². The normalized spacial score (nSPS) is 18.8. The SMILES string of the molecule is CCC(C)c1ccc(I)cc1C(=O)OC1(C)CCCC1. The predicted molar refractivity (Wildman–Crippen MR) is 90.2 cm³/mol. The van der Waals surface area contributed by atoms with Gasteiger partial charge in [-0.05, 0) is 85.2 Å². The maximum absolute atomic E-state index is 12.6. The Morgan fingerprint density at radius 1 is 1.40 bits per heavy atom. The summed E-state index contributed by atoms with van der Waals surface area (Å²) in [6, 6.07) is 6.10. The van der Waals surface area contributed by atoms with Gasteiger partial charge >= 0.3 is 5.97 Å². The van der Waals surface area contributed by atoms with Crippen LogP contribution < -0.4 is 0 Å². The second-order valence-corrected chi connectivity index (χ2v) is 7.33. The number of rotatable bonds is 4. The fourth-order valence-corrected chi connectivity index (χ4v) is 3.35. The topological polar surface area (TPSA) is 26.3 Å². The van der Waals surface area contributed by atoms with Gasteiger partial charge in [0.15, 0.2) is 0 Å². The molecule has 2 nitrogen and oxygen atoms in total. The molecule has 1 atom stereocenters. The summed E-state index contributed by atoms with van der Waals surface area (Å²) in [5, 5.41) is 0. The standard InChI is InChI=1S/C17H23IO2/c1-4-12(2)14-8-7-13(18)11-15(14)16(19)20-17(3)9-5-6-10-17/h7-8,11-12H,4-6,9-10H2,1-3H3. The molecule has 1 aliphatic rings. The molecule has 20 heavy (non-hydrogen) atoms. The van der Waals surface area contributed by atoms with E-state index < -0.39 is 0 Å². The van der Waals surface area contributed by atoms with Crippen LogP contribution in [0.2, 0.25) is 0 Å². The number of carbonyl (C=O) groups is 1. The zero-order chi connectivity index (χ0) is 14.8. The minimum Gasteiger partial charge on any atom is -0.456 e. The van der Waals surface area contributed by atoms with Crippen molar-refractivity contribution in [2.75, 3.05) is 0 Å². The van der Waals surface area contributed by atoms with E-state index in [1.54, 1.807) is 0 Å². The van der Waals surface area contributed by atoms with Gasteiger partial charge in [0.25, 0.3) is 0 Å². The molecule has 1 fully saturated rings. The average Bonchev–Trinajstić information content (AvgIpc) is 2.84. The molecule has 1 aliphatic carbocycles. The smallest absolute Gasteiger partial charge is 0.338 e. The highest BCUT2D eigenvalue weighted by Crippen LogP contribution is 2.34. The maximum atomic E-state index is 12.6. The summed E-state index contributed by atoms with van der Waals surface area (Å²) in [6.45, 7) is 6.38. The molecule has 0 bridgehead atoms. The van der Waals surface area contributed by atoms with Crippen LogP contribution >= 0.6 is 22.6 Å². The first-order valence-corrected chi connectivity index (χ1v) is 8.56. The minimum atomic E-state index is -0.259. The average molecular weight is 386 g/mol. The molecule has 0 heterocycles. The van der Waals surface area contributed by atoms with Crippen molar-refractivity contribution >= 4 is 28.6 Å². The zero-order valence-corrected chi connectivity index (χ0v) is 14.7. The van der Waals surface area contributed by atoms with Crippen LogP contribution in [0.1, 0.15) is 74.7 Å². The van der Waals surface area contributed by atoms with E-state index in [9.17, 15) is 4.79 Å². The molecule has 0 amide bonds. The first-order chi connectivity index (χ1) is 9.45. The minimum absolute atomic E-state index is 0.150. The van der Waals surface area contributed by atoms with E-state index in [-0.39, 0.29) is 11.6 Å². The second kappa shape index (κ2) is 6.46. The number of hydrogen-bond acceptors (Lipinski definition) is 2. The van der Waals surface area contributed by atoms with E-state index >= 15 is 0 Å². The van der Waals surface area contributed by atoms with Gasteiger partial charge in [0, 0.05) is 3.57 Å². The monoisotopic (exact) mass is 386 g/mol. The molecule has 1 aromatic rings. The van der Waals surface area contributed by atoms with Gasteiger partial charge in [-0.25, -0.2) is 4.79 Å². The lowest BCUT2D eigenvalue weighted by Gasteiger charge is -2.25.